The number of para-hydroxylation sites is 1. The van der Waals surface area contributed by atoms with E-state index in [0.717, 1.165) is 5.56 Å². The molecular weight excluding hydrogens is 208 g/mol. The Hall–Kier alpha value is -1.75. The molecule has 1 amide bonds. The van der Waals surface area contributed by atoms with Gasteiger partial charge in [0, 0.05) is 12.1 Å². The van der Waals surface area contributed by atoms with Gasteiger partial charge < -0.3 is 20.5 Å². The third-order valence-corrected chi connectivity index (χ3v) is 2.34. The van der Waals surface area contributed by atoms with E-state index in [-0.39, 0.29) is 12.7 Å². The van der Waals surface area contributed by atoms with Crippen LogP contribution in [-0.4, -0.2) is 18.7 Å². The van der Waals surface area contributed by atoms with Crippen molar-refractivity contribution in [2.75, 3.05) is 6.79 Å². The quantitative estimate of drug-likeness (QED) is 0.775. The van der Waals surface area contributed by atoms with Crippen molar-refractivity contribution in [3.63, 3.8) is 0 Å². The van der Waals surface area contributed by atoms with Crippen molar-refractivity contribution in [2.45, 2.75) is 19.5 Å². The molecule has 0 saturated carbocycles. The van der Waals surface area contributed by atoms with Gasteiger partial charge in [-0.05, 0) is 13.0 Å². The molecule has 1 atom stereocenters. The van der Waals surface area contributed by atoms with Gasteiger partial charge in [0.25, 0.3) is 0 Å². The van der Waals surface area contributed by atoms with E-state index >= 15 is 0 Å². The van der Waals surface area contributed by atoms with Crippen LogP contribution in [0.3, 0.4) is 0 Å². The van der Waals surface area contributed by atoms with E-state index in [1.165, 1.54) is 0 Å². The number of hydrogen-bond donors (Lipinski definition) is 2. The SMILES string of the molecule is C[C@H](N)C(=O)NCc1cccc2c1OCO2. The van der Waals surface area contributed by atoms with E-state index in [2.05, 4.69) is 5.32 Å². The van der Waals surface area contributed by atoms with Crippen LogP contribution in [0.5, 0.6) is 11.5 Å². The van der Waals surface area contributed by atoms with E-state index in [0.29, 0.717) is 18.0 Å². The van der Waals surface area contributed by atoms with Gasteiger partial charge in [-0.2, -0.15) is 0 Å². The van der Waals surface area contributed by atoms with Gasteiger partial charge in [-0.3, -0.25) is 4.79 Å². The lowest BCUT2D eigenvalue weighted by Crippen LogP contribution is -2.37. The molecule has 0 aliphatic carbocycles. The van der Waals surface area contributed by atoms with Crippen molar-refractivity contribution < 1.29 is 14.3 Å². The van der Waals surface area contributed by atoms with Crippen LogP contribution in [0.15, 0.2) is 18.2 Å². The average molecular weight is 222 g/mol. The normalized spacial score (nSPS) is 14.6. The van der Waals surface area contributed by atoms with Crippen LogP contribution in [0.25, 0.3) is 0 Å². The van der Waals surface area contributed by atoms with Gasteiger partial charge in [0.05, 0.1) is 6.04 Å². The summed E-state index contributed by atoms with van der Waals surface area (Å²) in [5.41, 5.74) is 6.34. The van der Waals surface area contributed by atoms with E-state index in [1.807, 2.05) is 18.2 Å². The van der Waals surface area contributed by atoms with Crippen molar-refractivity contribution in [2.24, 2.45) is 5.73 Å². The monoisotopic (exact) mass is 222 g/mol. The van der Waals surface area contributed by atoms with Gasteiger partial charge in [0.2, 0.25) is 12.7 Å². The fourth-order valence-electron chi connectivity index (χ4n) is 1.47. The Bertz CT molecular complexity index is 404. The van der Waals surface area contributed by atoms with E-state index < -0.39 is 6.04 Å². The molecule has 0 aromatic heterocycles. The van der Waals surface area contributed by atoms with Crippen molar-refractivity contribution in [3.05, 3.63) is 23.8 Å². The molecule has 2 rings (SSSR count). The molecule has 5 heteroatoms. The first-order chi connectivity index (χ1) is 7.68. The number of fused-ring (bicyclic) bond motifs is 1. The van der Waals surface area contributed by atoms with Crippen molar-refractivity contribution in [1.82, 2.24) is 5.32 Å². The van der Waals surface area contributed by atoms with Gasteiger partial charge >= 0.3 is 0 Å². The highest BCUT2D eigenvalue weighted by Gasteiger charge is 2.17. The lowest BCUT2D eigenvalue weighted by molar-refractivity contribution is -0.122. The molecule has 86 valence electrons. The lowest BCUT2D eigenvalue weighted by atomic mass is 10.2. The Morgan fingerprint density at radius 2 is 2.38 bits per heavy atom. The highest BCUT2D eigenvalue weighted by atomic mass is 16.7. The molecule has 0 radical (unpaired) electrons. The van der Waals surface area contributed by atoms with Crippen LogP contribution in [0.2, 0.25) is 0 Å². The van der Waals surface area contributed by atoms with Crippen LogP contribution < -0.4 is 20.5 Å². The Morgan fingerprint density at radius 1 is 1.56 bits per heavy atom. The molecule has 1 aromatic carbocycles. The number of ether oxygens (including phenoxy) is 2. The fraction of sp³-hybridized carbons (Fsp3) is 0.364. The zero-order valence-electron chi connectivity index (χ0n) is 9.03. The second kappa shape index (κ2) is 4.40. The van der Waals surface area contributed by atoms with E-state index in [9.17, 15) is 4.79 Å². The van der Waals surface area contributed by atoms with Gasteiger partial charge in [0.1, 0.15) is 0 Å². The Kier molecular flexibility index (Phi) is 2.96. The Balaban J connectivity index is 2.05. The maximum atomic E-state index is 11.3. The molecule has 1 aliphatic heterocycles. The molecule has 0 spiro atoms. The number of benzene rings is 1. The standard InChI is InChI=1S/C11H14N2O3/c1-7(12)11(14)13-5-8-3-2-4-9-10(8)16-6-15-9/h2-4,7H,5-6,12H2,1H3,(H,13,14)/t7-/m0/s1. The maximum absolute atomic E-state index is 11.3. The van der Waals surface area contributed by atoms with Gasteiger partial charge in [-0.1, -0.05) is 12.1 Å². The van der Waals surface area contributed by atoms with Crippen LogP contribution in [0.4, 0.5) is 0 Å². The number of amides is 1. The summed E-state index contributed by atoms with van der Waals surface area (Å²) in [6.07, 6.45) is 0. The molecule has 1 aromatic rings. The molecule has 0 saturated heterocycles. The molecule has 5 nitrogen and oxygen atoms in total. The minimum Gasteiger partial charge on any atom is -0.454 e. The number of nitrogens with two attached hydrogens (primary N) is 1. The smallest absolute Gasteiger partial charge is 0.236 e. The minimum atomic E-state index is -0.506. The summed E-state index contributed by atoms with van der Waals surface area (Å²) in [5, 5.41) is 2.73. The third kappa shape index (κ3) is 2.09. The number of carbonyl (C=O) groups is 1. The first-order valence-electron chi connectivity index (χ1n) is 5.09. The zero-order chi connectivity index (χ0) is 11.5. The Morgan fingerprint density at radius 3 is 3.12 bits per heavy atom. The first-order valence-corrected chi connectivity index (χ1v) is 5.09. The number of carbonyl (C=O) groups excluding carboxylic acids is 1. The highest BCUT2D eigenvalue weighted by Crippen LogP contribution is 2.35. The largest absolute Gasteiger partial charge is 0.454 e. The molecule has 0 unspecified atom stereocenters. The van der Waals surface area contributed by atoms with Crippen molar-refractivity contribution >= 4 is 5.91 Å². The van der Waals surface area contributed by atoms with Crippen LogP contribution in [0.1, 0.15) is 12.5 Å². The van der Waals surface area contributed by atoms with Crippen LogP contribution in [-0.2, 0) is 11.3 Å². The highest BCUT2D eigenvalue weighted by molar-refractivity contribution is 5.81. The van der Waals surface area contributed by atoms with Gasteiger partial charge in [0.15, 0.2) is 11.5 Å². The molecule has 3 N–H and O–H groups in total. The summed E-state index contributed by atoms with van der Waals surface area (Å²) in [6.45, 7) is 2.27. The molecule has 1 heterocycles. The van der Waals surface area contributed by atoms with Crippen molar-refractivity contribution in [1.29, 1.82) is 0 Å². The van der Waals surface area contributed by atoms with E-state index in [1.54, 1.807) is 6.92 Å². The summed E-state index contributed by atoms with van der Waals surface area (Å²) in [4.78, 5) is 11.3. The van der Waals surface area contributed by atoms with Crippen LogP contribution >= 0.6 is 0 Å². The topological polar surface area (TPSA) is 73.6 Å². The van der Waals surface area contributed by atoms with Gasteiger partial charge in [-0.25, -0.2) is 0 Å². The lowest BCUT2D eigenvalue weighted by Gasteiger charge is -2.09. The first kappa shape index (κ1) is 10.8. The fourth-order valence-corrected chi connectivity index (χ4v) is 1.47. The molecule has 1 aliphatic rings. The summed E-state index contributed by atoms with van der Waals surface area (Å²) in [5.74, 6) is 1.23. The second-order valence-corrected chi connectivity index (χ2v) is 3.66. The maximum Gasteiger partial charge on any atom is 0.236 e. The van der Waals surface area contributed by atoms with E-state index in [4.69, 9.17) is 15.2 Å². The molecule has 16 heavy (non-hydrogen) atoms. The minimum absolute atomic E-state index is 0.184. The average Bonchev–Trinajstić information content (AvgIpc) is 2.73. The molecule has 0 bridgehead atoms. The number of hydrogen-bond acceptors (Lipinski definition) is 4. The van der Waals surface area contributed by atoms with Crippen molar-refractivity contribution in [3.8, 4) is 11.5 Å². The van der Waals surface area contributed by atoms with Crippen LogP contribution in [0, 0.1) is 0 Å². The predicted molar refractivity (Wildman–Crippen MR) is 58.1 cm³/mol. The number of rotatable bonds is 3. The predicted octanol–water partition coefficient (Wildman–Crippen LogP) is 0.379. The zero-order valence-corrected chi connectivity index (χ0v) is 9.03. The summed E-state index contributed by atoms with van der Waals surface area (Å²) in [7, 11) is 0. The Labute approximate surface area is 93.5 Å². The third-order valence-electron chi connectivity index (χ3n) is 2.34. The second-order valence-electron chi connectivity index (χ2n) is 3.66. The van der Waals surface area contributed by atoms with Gasteiger partial charge in [-0.15, -0.1) is 0 Å². The number of nitrogens with one attached hydrogen (secondary N) is 1. The summed E-state index contributed by atoms with van der Waals surface area (Å²) >= 11 is 0. The molecular formula is C11H14N2O3. The molecule has 0 fully saturated rings. The summed E-state index contributed by atoms with van der Waals surface area (Å²) < 4.78 is 10.6. The summed E-state index contributed by atoms with van der Waals surface area (Å²) in [6, 6.07) is 5.07.